The van der Waals surface area contributed by atoms with Crippen LogP contribution in [0.25, 0.3) is 0 Å². The van der Waals surface area contributed by atoms with Crippen molar-refractivity contribution in [3.8, 4) is 5.75 Å². The van der Waals surface area contributed by atoms with Crippen molar-refractivity contribution >= 4 is 5.91 Å². The van der Waals surface area contributed by atoms with Gasteiger partial charge in [0.2, 0.25) is 0 Å². The lowest BCUT2D eigenvalue weighted by Gasteiger charge is -2.07. The normalized spacial score (nSPS) is 10.4. The zero-order chi connectivity index (χ0) is 13.8. The molecular weight excluding hydrogens is 244 g/mol. The Labute approximate surface area is 111 Å². The molecule has 0 aliphatic heterocycles. The summed E-state index contributed by atoms with van der Waals surface area (Å²) in [4.78, 5) is 19.7. The summed E-state index contributed by atoms with van der Waals surface area (Å²) in [5.74, 6) is -0.272. The van der Waals surface area contributed by atoms with Gasteiger partial charge in [0.05, 0.1) is 23.8 Å². The van der Waals surface area contributed by atoms with Gasteiger partial charge in [-0.1, -0.05) is 0 Å². The lowest BCUT2D eigenvalue weighted by atomic mass is 10.2. The molecule has 0 aliphatic carbocycles. The van der Waals surface area contributed by atoms with E-state index in [2.05, 4.69) is 15.3 Å². The predicted molar refractivity (Wildman–Crippen MR) is 69.9 cm³/mol. The zero-order valence-corrected chi connectivity index (χ0v) is 10.9. The van der Waals surface area contributed by atoms with Gasteiger partial charge in [-0.3, -0.25) is 9.78 Å². The number of hydrogen-bond donors (Lipinski definition) is 2. The number of nitrogens with zero attached hydrogens (tertiary/aromatic N) is 3. The molecule has 0 unspecified atom stereocenters. The van der Waals surface area contributed by atoms with E-state index in [4.69, 9.17) is 0 Å². The molecule has 0 bridgehead atoms. The van der Waals surface area contributed by atoms with Crippen molar-refractivity contribution in [3.05, 3.63) is 41.7 Å². The first kappa shape index (κ1) is 13.1. The Balaban J connectivity index is 1.89. The summed E-state index contributed by atoms with van der Waals surface area (Å²) in [5.41, 5.74) is 2.43. The van der Waals surface area contributed by atoms with Crippen LogP contribution in [0, 0.1) is 13.8 Å². The smallest absolute Gasteiger partial charge is 0.253 e. The van der Waals surface area contributed by atoms with Crippen LogP contribution in [0.3, 0.4) is 0 Å². The lowest BCUT2D eigenvalue weighted by Crippen LogP contribution is -2.27. The van der Waals surface area contributed by atoms with Gasteiger partial charge in [0.1, 0.15) is 5.75 Å². The molecule has 2 rings (SSSR count). The first-order valence-corrected chi connectivity index (χ1v) is 5.98. The standard InChI is InChI=1S/C13H16N4O2/c1-9-10(2)17(8-16-9)4-3-15-13(19)11-5-12(18)7-14-6-11/h5-8,18H,3-4H2,1-2H3,(H,15,19). The summed E-state index contributed by atoms with van der Waals surface area (Å²) < 4.78 is 1.98. The van der Waals surface area contributed by atoms with E-state index < -0.39 is 0 Å². The van der Waals surface area contributed by atoms with Crippen LogP contribution >= 0.6 is 0 Å². The zero-order valence-electron chi connectivity index (χ0n) is 10.9. The molecule has 0 saturated carbocycles. The highest BCUT2D eigenvalue weighted by Crippen LogP contribution is 2.08. The number of aromatic nitrogens is 3. The second-order valence-corrected chi connectivity index (χ2v) is 4.30. The summed E-state index contributed by atoms with van der Waals surface area (Å²) in [7, 11) is 0. The first-order valence-electron chi connectivity index (χ1n) is 5.98. The van der Waals surface area contributed by atoms with E-state index in [9.17, 15) is 9.90 Å². The van der Waals surface area contributed by atoms with Crippen molar-refractivity contribution in [2.75, 3.05) is 6.54 Å². The number of amides is 1. The topological polar surface area (TPSA) is 80.0 Å². The highest BCUT2D eigenvalue weighted by atomic mass is 16.3. The number of aryl methyl sites for hydroxylation is 1. The SMILES string of the molecule is Cc1ncn(CCNC(=O)c2cncc(O)c2)c1C. The fourth-order valence-corrected chi connectivity index (χ4v) is 1.71. The Bertz CT molecular complexity index is 592. The molecule has 2 heterocycles. The van der Waals surface area contributed by atoms with Crippen molar-refractivity contribution < 1.29 is 9.90 Å². The largest absolute Gasteiger partial charge is 0.506 e. The van der Waals surface area contributed by atoms with Crippen molar-refractivity contribution in [2.45, 2.75) is 20.4 Å². The Morgan fingerprint density at radius 3 is 2.84 bits per heavy atom. The van der Waals surface area contributed by atoms with E-state index in [0.29, 0.717) is 18.7 Å². The summed E-state index contributed by atoms with van der Waals surface area (Å²) >= 11 is 0. The van der Waals surface area contributed by atoms with Gasteiger partial charge in [0, 0.05) is 25.0 Å². The minimum Gasteiger partial charge on any atom is -0.506 e. The van der Waals surface area contributed by atoms with E-state index in [1.165, 1.54) is 18.5 Å². The highest BCUT2D eigenvalue weighted by molar-refractivity contribution is 5.94. The number of aromatic hydroxyl groups is 1. The third kappa shape index (κ3) is 3.09. The van der Waals surface area contributed by atoms with Crippen LogP contribution in [0.15, 0.2) is 24.8 Å². The van der Waals surface area contributed by atoms with Crippen LogP contribution in [0.4, 0.5) is 0 Å². The summed E-state index contributed by atoms with van der Waals surface area (Å²) in [5, 5.41) is 12.0. The van der Waals surface area contributed by atoms with E-state index in [0.717, 1.165) is 11.4 Å². The molecule has 0 spiro atoms. The fourth-order valence-electron chi connectivity index (χ4n) is 1.71. The van der Waals surface area contributed by atoms with Gasteiger partial charge >= 0.3 is 0 Å². The van der Waals surface area contributed by atoms with Crippen molar-refractivity contribution in [2.24, 2.45) is 0 Å². The molecule has 1 amide bonds. The molecule has 2 N–H and O–H groups in total. The molecule has 2 aromatic heterocycles. The number of pyridine rings is 1. The van der Waals surface area contributed by atoms with E-state index >= 15 is 0 Å². The van der Waals surface area contributed by atoms with Crippen molar-refractivity contribution in [1.29, 1.82) is 0 Å². The minimum atomic E-state index is -0.252. The maximum atomic E-state index is 11.8. The number of carbonyl (C=O) groups excluding carboxylic acids is 1. The second kappa shape index (κ2) is 5.51. The van der Waals surface area contributed by atoms with Crippen LogP contribution in [0.5, 0.6) is 5.75 Å². The molecule has 2 aromatic rings. The average molecular weight is 260 g/mol. The Hall–Kier alpha value is -2.37. The molecule has 0 aromatic carbocycles. The van der Waals surface area contributed by atoms with Gasteiger partial charge < -0.3 is 15.0 Å². The molecule has 6 heteroatoms. The Morgan fingerprint density at radius 1 is 1.42 bits per heavy atom. The van der Waals surface area contributed by atoms with Gasteiger partial charge in [-0.15, -0.1) is 0 Å². The molecule has 100 valence electrons. The molecule has 0 atom stereocenters. The van der Waals surface area contributed by atoms with Crippen LogP contribution in [0.2, 0.25) is 0 Å². The van der Waals surface area contributed by atoms with Gasteiger partial charge in [-0.25, -0.2) is 4.98 Å². The molecule has 6 nitrogen and oxygen atoms in total. The monoisotopic (exact) mass is 260 g/mol. The van der Waals surface area contributed by atoms with Crippen LogP contribution in [0.1, 0.15) is 21.7 Å². The average Bonchev–Trinajstić information content (AvgIpc) is 2.70. The molecule has 0 radical (unpaired) electrons. The van der Waals surface area contributed by atoms with Gasteiger partial charge in [0.25, 0.3) is 5.91 Å². The number of nitrogens with one attached hydrogen (secondary N) is 1. The lowest BCUT2D eigenvalue weighted by molar-refractivity contribution is 0.0951. The van der Waals surface area contributed by atoms with Crippen molar-refractivity contribution in [3.63, 3.8) is 0 Å². The Morgan fingerprint density at radius 2 is 2.21 bits per heavy atom. The van der Waals surface area contributed by atoms with Gasteiger partial charge in [-0.05, 0) is 19.9 Å². The molecule has 0 aliphatic rings. The van der Waals surface area contributed by atoms with Gasteiger partial charge in [-0.2, -0.15) is 0 Å². The number of imidazole rings is 1. The van der Waals surface area contributed by atoms with E-state index in [1.807, 2.05) is 18.4 Å². The molecule has 0 fully saturated rings. The number of rotatable bonds is 4. The molecule has 0 saturated heterocycles. The summed E-state index contributed by atoms with van der Waals surface area (Å²) in [6.45, 7) is 5.09. The summed E-state index contributed by atoms with van der Waals surface area (Å²) in [6.07, 6.45) is 4.46. The number of hydrogen-bond acceptors (Lipinski definition) is 4. The predicted octanol–water partition coefficient (Wildman–Crippen LogP) is 1.03. The minimum absolute atomic E-state index is 0.0197. The second-order valence-electron chi connectivity index (χ2n) is 4.30. The maximum absolute atomic E-state index is 11.8. The molecule has 19 heavy (non-hydrogen) atoms. The third-order valence-electron chi connectivity index (χ3n) is 2.97. The Kier molecular flexibility index (Phi) is 3.79. The highest BCUT2D eigenvalue weighted by Gasteiger charge is 2.07. The van der Waals surface area contributed by atoms with Crippen LogP contribution in [-0.2, 0) is 6.54 Å². The van der Waals surface area contributed by atoms with Crippen LogP contribution in [-0.4, -0.2) is 32.1 Å². The number of carbonyl (C=O) groups is 1. The van der Waals surface area contributed by atoms with Crippen LogP contribution < -0.4 is 5.32 Å². The summed E-state index contributed by atoms with van der Waals surface area (Å²) in [6, 6.07) is 1.38. The molecular formula is C13H16N4O2. The van der Waals surface area contributed by atoms with E-state index in [1.54, 1.807) is 6.33 Å². The first-order chi connectivity index (χ1) is 9.08. The van der Waals surface area contributed by atoms with Gasteiger partial charge in [0.15, 0.2) is 0 Å². The quantitative estimate of drug-likeness (QED) is 0.860. The van der Waals surface area contributed by atoms with E-state index in [-0.39, 0.29) is 11.7 Å². The maximum Gasteiger partial charge on any atom is 0.253 e. The van der Waals surface area contributed by atoms with Crippen molar-refractivity contribution in [1.82, 2.24) is 19.9 Å². The third-order valence-corrected chi connectivity index (χ3v) is 2.97. The fraction of sp³-hybridized carbons (Fsp3) is 0.308.